The van der Waals surface area contributed by atoms with Gasteiger partial charge in [-0.05, 0) is 45.6 Å². The van der Waals surface area contributed by atoms with Crippen LogP contribution in [-0.2, 0) is 5.60 Å². The van der Waals surface area contributed by atoms with E-state index in [1.807, 2.05) is 19.9 Å². The zero-order chi connectivity index (χ0) is 12.8. The second-order valence-corrected chi connectivity index (χ2v) is 7.44. The molecule has 2 nitrogen and oxygen atoms in total. The molecule has 0 radical (unpaired) electrons. The van der Waals surface area contributed by atoms with Gasteiger partial charge in [-0.2, -0.15) is 11.8 Å². The topological polar surface area (TPSA) is 33.1 Å². The molecule has 3 heteroatoms. The Bertz CT molecular complexity index is 448. The molecule has 98 valence electrons. The van der Waals surface area contributed by atoms with Crippen LogP contribution in [0.1, 0.15) is 49.1 Å². The van der Waals surface area contributed by atoms with Crippen LogP contribution < -0.4 is 0 Å². The van der Waals surface area contributed by atoms with E-state index in [1.54, 1.807) is 0 Å². The quantitative estimate of drug-likeness (QED) is 0.843. The van der Waals surface area contributed by atoms with E-state index in [2.05, 4.69) is 22.8 Å². The summed E-state index contributed by atoms with van der Waals surface area (Å²) in [5.41, 5.74) is 2.46. The highest BCUT2D eigenvalue weighted by molar-refractivity contribution is 8.00. The molecule has 2 atom stereocenters. The summed E-state index contributed by atoms with van der Waals surface area (Å²) in [7, 11) is 0. The third-order valence-electron chi connectivity index (χ3n) is 4.29. The molecule has 1 N–H and O–H groups in total. The van der Waals surface area contributed by atoms with Crippen LogP contribution in [0.5, 0.6) is 0 Å². The van der Waals surface area contributed by atoms with E-state index in [4.69, 9.17) is 0 Å². The second-order valence-electron chi connectivity index (χ2n) is 5.84. The van der Waals surface area contributed by atoms with E-state index in [1.165, 1.54) is 19.3 Å². The largest absolute Gasteiger partial charge is 0.385 e. The van der Waals surface area contributed by atoms with Crippen LogP contribution in [0.3, 0.4) is 0 Å². The van der Waals surface area contributed by atoms with Crippen LogP contribution in [0, 0.1) is 13.8 Å². The minimum atomic E-state index is -0.633. The van der Waals surface area contributed by atoms with Crippen molar-refractivity contribution in [2.45, 2.75) is 62.1 Å². The fourth-order valence-corrected chi connectivity index (χ4v) is 5.41. The van der Waals surface area contributed by atoms with Crippen LogP contribution in [0.4, 0.5) is 0 Å². The van der Waals surface area contributed by atoms with E-state index in [9.17, 15) is 5.11 Å². The SMILES string of the molecule is Cc1ccc(C2(O)CC3CCCC(C2)S3)c(C)n1. The maximum absolute atomic E-state index is 11.1. The summed E-state index contributed by atoms with van der Waals surface area (Å²) < 4.78 is 0. The van der Waals surface area contributed by atoms with Gasteiger partial charge in [-0.3, -0.25) is 4.98 Å². The third-order valence-corrected chi connectivity index (χ3v) is 5.87. The molecule has 0 aromatic carbocycles. The van der Waals surface area contributed by atoms with Crippen molar-refractivity contribution in [1.29, 1.82) is 0 Å². The zero-order valence-corrected chi connectivity index (χ0v) is 12.0. The Labute approximate surface area is 113 Å². The first-order valence-corrected chi connectivity index (χ1v) is 7.84. The minimum absolute atomic E-state index is 0.633. The second kappa shape index (κ2) is 4.53. The third kappa shape index (κ3) is 2.19. The summed E-state index contributed by atoms with van der Waals surface area (Å²) in [6, 6.07) is 4.11. The summed E-state index contributed by atoms with van der Waals surface area (Å²) in [5.74, 6) is 0. The molecule has 1 aromatic heterocycles. The van der Waals surface area contributed by atoms with Crippen molar-refractivity contribution in [1.82, 2.24) is 4.98 Å². The molecular weight excluding hydrogens is 242 g/mol. The maximum Gasteiger partial charge on any atom is 0.0935 e. The van der Waals surface area contributed by atoms with E-state index in [-0.39, 0.29) is 0 Å². The molecule has 2 aliphatic rings. The van der Waals surface area contributed by atoms with Crippen LogP contribution in [0.25, 0.3) is 0 Å². The summed E-state index contributed by atoms with van der Waals surface area (Å²) in [6.45, 7) is 4.03. The van der Waals surface area contributed by atoms with Gasteiger partial charge in [0.2, 0.25) is 0 Å². The molecule has 0 amide bonds. The molecule has 2 bridgehead atoms. The first-order chi connectivity index (χ1) is 8.57. The van der Waals surface area contributed by atoms with Gasteiger partial charge < -0.3 is 5.11 Å². The molecule has 3 heterocycles. The Hall–Kier alpha value is -0.540. The molecule has 1 aromatic rings. The maximum atomic E-state index is 11.1. The van der Waals surface area contributed by atoms with E-state index < -0.39 is 5.60 Å². The molecular formula is C15H21NOS. The van der Waals surface area contributed by atoms with E-state index in [0.717, 1.165) is 29.8 Å². The Morgan fingerprint density at radius 3 is 2.50 bits per heavy atom. The van der Waals surface area contributed by atoms with Gasteiger partial charge in [0.15, 0.2) is 0 Å². The van der Waals surface area contributed by atoms with Crippen LogP contribution in [-0.4, -0.2) is 20.6 Å². The number of thioether (sulfide) groups is 1. The Kier molecular flexibility index (Phi) is 3.15. The number of rotatable bonds is 1. The van der Waals surface area contributed by atoms with Gasteiger partial charge in [0.1, 0.15) is 0 Å². The van der Waals surface area contributed by atoms with Crippen LogP contribution in [0.15, 0.2) is 12.1 Å². The molecule has 2 unspecified atom stereocenters. The van der Waals surface area contributed by atoms with Crippen molar-refractivity contribution in [3.8, 4) is 0 Å². The molecule has 0 saturated carbocycles. The summed E-state index contributed by atoms with van der Waals surface area (Å²) in [6.07, 6.45) is 5.67. The summed E-state index contributed by atoms with van der Waals surface area (Å²) in [4.78, 5) is 4.52. The predicted octanol–water partition coefficient (Wildman–Crippen LogP) is 3.33. The highest BCUT2D eigenvalue weighted by Crippen LogP contribution is 2.49. The number of hydrogen-bond donors (Lipinski definition) is 1. The van der Waals surface area contributed by atoms with Gasteiger partial charge in [0, 0.05) is 27.5 Å². The number of aromatic nitrogens is 1. The lowest BCUT2D eigenvalue weighted by atomic mass is 9.80. The van der Waals surface area contributed by atoms with E-state index >= 15 is 0 Å². The van der Waals surface area contributed by atoms with Crippen molar-refractivity contribution in [3.63, 3.8) is 0 Å². The number of hydrogen-bond acceptors (Lipinski definition) is 3. The number of aryl methyl sites for hydroxylation is 2. The van der Waals surface area contributed by atoms with Gasteiger partial charge in [0.25, 0.3) is 0 Å². The lowest BCUT2D eigenvalue weighted by molar-refractivity contribution is 0.00719. The number of fused-ring (bicyclic) bond motifs is 2. The normalized spacial score (nSPS) is 35.5. The summed E-state index contributed by atoms with van der Waals surface area (Å²) >= 11 is 2.10. The average molecular weight is 263 g/mol. The molecule has 2 fully saturated rings. The highest BCUT2D eigenvalue weighted by atomic mass is 32.2. The minimum Gasteiger partial charge on any atom is -0.385 e. The van der Waals surface area contributed by atoms with Gasteiger partial charge in [-0.1, -0.05) is 12.5 Å². The van der Waals surface area contributed by atoms with Crippen molar-refractivity contribution in [3.05, 3.63) is 29.1 Å². The molecule has 3 rings (SSSR count). The molecule has 0 aliphatic carbocycles. The number of aliphatic hydroxyl groups is 1. The van der Waals surface area contributed by atoms with Gasteiger partial charge >= 0.3 is 0 Å². The fourth-order valence-electron chi connectivity index (χ4n) is 3.52. The summed E-state index contributed by atoms with van der Waals surface area (Å²) in [5, 5.41) is 12.4. The molecule has 0 spiro atoms. The van der Waals surface area contributed by atoms with Gasteiger partial charge in [-0.15, -0.1) is 0 Å². The molecule has 2 saturated heterocycles. The molecule has 18 heavy (non-hydrogen) atoms. The fraction of sp³-hybridized carbons (Fsp3) is 0.667. The monoisotopic (exact) mass is 263 g/mol. The zero-order valence-electron chi connectivity index (χ0n) is 11.1. The Balaban J connectivity index is 1.94. The standard InChI is InChI=1S/C15H21NOS/c1-10-6-7-14(11(2)16-10)15(17)8-12-4-3-5-13(9-15)18-12/h6-7,12-13,17H,3-5,8-9H2,1-2H3. The molecule has 2 aliphatic heterocycles. The van der Waals surface area contributed by atoms with Crippen molar-refractivity contribution in [2.24, 2.45) is 0 Å². The highest BCUT2D eigenvalue weighted by Gasteiger charge is 2.43. The first-order valence-electron chi connectivity index (χ1n) is 6.89. The van der Waals surface area contributed by atoms with Gasteiger partial charge in [0.05, 0.1) is 5.60 Å². The van der Waals surface area contributed by atoms with Crippen molar-refractivity contribution < 1.29 is 5.11 Å². The lowest BCUT2D eigenvalue weighted by Crippen LogP contribution is -2.41. The van der Waals surface area contributed by atoms with E-state index in [0.29, 0.717) is 10.5 Å². The number of pyridine rings is 1. The Morgan fingerprint density at radius 2 is 1.89 bits per heavy atom. The van der Waals surface area contributed by atoms with Crippen molar-refractivity contribution in [2.75, 3.05) is 0 Å². The predicted molar refractivity (Wildman–Crippen MR) is 75.9 cm³/mol. The van der Waals surface area contributed by atoms with Crippen LogP contribution >= 0.6 is 11.8 Å². The Morgan fingerprint density at radius 1 is 1.22 bits per heavy atom. The van der Waals surface area contributed by atoms with Crippen LogP contribution in [0.2, 0.25) is 0 Å². The smallest absolute Gasteiger partial charge is 0.0935 e. The van der Waals surface area contributed by atoms with Gasteiger partial charge in [-0.25, -0.2) is 0 Å². The lowest BCUT2D eigenvalue weighted by Gasteiger charge is -2.44. The number of nitrogens with zero attached hydrogens (tertiary/aromatic N) is 1. The first kappa shape index (κ1) is 12.5. The van der Waals surface area contributed by atoms with Crippen molar-refractivity contribution >= 4 is 11.8 Å². The average Bonchev–Trinajstić information content (AvgIpc) is 2.27.